The van der Waals surface area contributed by atoms with Crippen LogP contribution in [-0.2, 0) is 9.59 Å². The Morgan fingerprint density at radius 1 is 1.00 bits per heavy atom. The maximum Gasteiger partial charge on any atom is 0.238 e. The van der Waals surface area contributed by atoms with Crippen molar-refractivity contribution >= 4 is 23.2 Å². The maximum atomic E-state index is 12.6. The van der Waals surface area contributed by atoms with E-state index in [0.29, 0.717) is 12.3 Å². The first-order chi connectivity index (χ1) is 13.9. The third kappa shape index (κ3) is 6.06. The number of nitrogens with zero attached hydrogens (tertiary/aromatic N) is 1. The lowest BCUT2D eigenvalue weighted by atomic mass is 9.95. The van der Waals surface area contributed by atoms with Gasteiger partial charge in [0.05, 0.1) is 13.7 Å². The number of carbonyl (C=O) groups excluding carboxylic acids is 2. The molecule has 1 heterocycles. The van der Waals surface area contributed by atoms with Gasteiger partial charge in [-0.3, -0.25) is 14.5 Å². The number of amides is 2. The molecule has 0 bridgehead atoms. The topological polar surface area (TPSA) is 70.7 Å². The van der Waals surface area contributed by atoms with E-state index in [-0.39, 0.29) is 17.7 Å². The molecular formula is C23H29N3O3. The normalized spacial score (nSPS) is 15.0. The highest BCUT2D eigenvalue weighted by Gasteiger charge is 2.26. The SMILES string of the molecule is COc1cccc(NC(=O)C2CCN(CC(=O)Nc3cc(C)cc(C)c3)CC2)c1. The van der Waals surface area contributed by atoms with Gasteiger partial charge in [-0.15, -0.1) is 0 Å². The fourth-order valence-corrected chi connectivity index (χ4v) is 3.75. The number of likely N-dealkylation sites (tertiary alicyclic amines) is 1. The predicted molar refractivity (Wildman–Crippen MR) is 115 cm³/mol. The Bertz CT molecular complexity index is 853. The first kappa shape index (κ1) is 20.9. The molecule has 6 heteroatoms. The number of hydrogen-bond donors (Lipinski definition) is 2. The maximum absolute atomic E-state index is 12.6. The smallest absolute Gasteiger partial charge is 0.238 e. The van der Waals surface area contributed by atoms with Crippen molar-refractivity contribution in [2.24, 2.45) is 5.92 Å². The third-order valence-electron chi connectivity index (χ3n) is 5.17. The molecule has 6 nitrogen and oxygen atoms in total. The van der Waals surface area contributed by atoms with Crippen molar-refractivity contribution in [3.8, 4) is 5.75 Å². The van der Waals surface area contributed by atoms with Crippen LogP contribution < -0.4 is 15.4 Å². The average molecular weight is 396 g/mol. The van der Waals surface area contributed by atoms with Gasteiger partial charge >= 0.3 is 0 Å². The lowest BCUT2D eigenvalue weighted by molar-refractivity contribution is -0.121. The van der Waals surface area contributed by atoms with Gasteiger partial charge in [0.25, 0.3) is 0 Å². The number of nitrogens with one attached hydrogen (secondary N) is 2. The van der Waals surface area contributed by atoms with E-state index in [1.807, 2.05) is 50.2 Å². The zero-order valence-corrected chi connectivity index (χ0v) is 17.3. The number of ether oxygens (including phenoxy) is 1. The second kappa shape index (κ2) is 9.56. The zero-order chi connectivity index (χ0) is 20.8. The molecule has 0 unspecified atom stereocenters. The molecule has 1 aliphatic heterocycles. The lowest BCUT2D eigenvalue weighted by Gasteiger charge is -2.30. The van der Waals surface area contributed by atoms with Crippen molar-refractivity contribution in [2.45, 2.75) is 26.7 Å². The largest absolute Gasteiger partial charge is 0.497 e. The molecular weight excluding hydrogens is 366 g/mol. The molecule has 3 rings (SSSR count). The first-order valence-electron chi connectivity index (χ1n) is 9.98. The Labute approximate surface area is 172 Å². The highest BCUT2D eigenvalue weighted by atomic mass is 16.5. The Morgan fingerprint density at radius 3 is 2.34 bits per heavy atom. The van der Waals surface area contributed by atoms with Gasteiger partial charge in [0.15, 0.2) is 0 Å². The van der Waals surface area contributed by atoms with Gasteiger partial charge in [0, 0.05) is 23.4 Å². The molecule has 2 N–H and O–H groups in total. The fraction of sp³-hybridized carbons (Fsp3) is 0.391. The van der Waals surface area contributed by atoms with Crippen molar-refractivity contribution in [1.29, 1.82) is 0 Å². The van der Waals surface area contributed by atoms with Crippen molar-refractivity contribution in [2.75, 3.05) is 37.4 Å². The van der Waals surface area contributed by atoms with E-state index in [0.717, 1.165) is 48.4 Å². The van der Waals surface area contributed by atoms with E-state index in [4.69, 9.17) is 4.74 Å². The standard InChI is InChI=1S/C23H29N3O3/c1-16-11-17(2)13-20(12-16)24-22(27)15-26-9-7-18(8-10-26)23(28)25-19-5-4-6-21(14-19)29-3/h4-6,11-14,18H,7-10,15H2,1-3H3,(H,24,27)(H,25,28). The summed E-state index contributed by atoms with van der Waals surface area (Å²) in [7, 11) is 1.60. The van der Waals surface area contributed by atoms with Gasteiger partial charge in [-0.2, -0.15) is 0 Å². The molecule has 2 amide bonds. The predicted octanol–water partition coefficient (Wildman–Crippen LogP) is 3.60. The van der Waals surface area contributed by atoms with Crippen LogP contribution in [0.25, 0.3) is 0 Å². The summed E-state index contributed by atoms with van der Waals surface area (Å²) in [5.41, 5.74) is 3.83. The quantitative estimate of drug-likeness (QED) is 0.784. The summed E-state index contributed by atoms with van der Waals surface area (Å²) < 4.78 is 5.19. The molecule has 2 aromatic rings. The molecule has 0 radical (unpaired) electrons. The molecule has 154 valence electrons. The Kier molecular flexibility index (Phi) is 6.88. The Balaban J connectivity index is 1.45. The number of hydrogen-bond acceptors (Lipinski definition) is 4. The van der Waals surface area contributed by atoms with Crippen LogP contribution in [0, 0.1) is 19.8 Å². The third-order valence-corrected chi connectivity index (χ3v) is 5.17. The number of aryl methyl sites for hydroxylation is 2. The second-order valence-electron chi connectivity index (χ2n) is 7.70. The summed E-state index contributed by atoms with van der Waals surface area (Å²) in [5, 5.41) is 5.95. The number of rotatable bonds is 6. The van der Waals surface area contributed by atoms with Crippen molar-refractivity contribution in [3.63, 3.8) is 0 Å². The molecule has 0 saturated carbocycles. The second-order valence-corrected chi connectivity index (χ2v) is 7.70. The van der Waals surface area contributed by atoms with Crippen LogP contribution in [0.2, 0.25) is 0 Å². The van der Waals surface area contributed by atoms with Crippen LogP contribution >= 0.6 is 0 Å². The van der Waals surface area contributed by atoms with E-state index in [9.17, 15) is 9.59 Å². The molecule has 0 spiro atoms. The number of methoxy groups -OCH3 is 1. The molecule has 0 atom stereocenters. The molecule has 0 aliphatic carbocycles. The van der Waals surface area contributed by atoms with E-state index < -0.39 is 0 Å². The van der Waals surface area contributed by atoms with E-state index in [1.54, 1.807) is 7.11 Å². The van der Waals surface area contributed by atoms with E-state index >= 15 is 0 Å². The molecule has 2 aromatic carbocycles. The summed E-state index contributed by atoms with van der Waals surface area (Å²) in [5.74, 6) is 0.680. The van der Waals surface area contributed by atoms with Crippen LogP contribution in [0.15, 0.2) is 42.5 Å². The van der Waals surface area contributed by atoms with Crippen LogP contribution in [-0.4, -0.2) is 43.5 Å². The van der Waals surface area contributed by atoms with Crippen molar-refractivity contribution in [1.82, 2.24) is 4.90 Å². The Morgan fingerprint density at radius 2 is 1.69 bits per heavy atom. The van der Waals surface area contributed by atoms with Gasteiger partial charge < -0.3 is 15.4 Å². The summed E-state index contributed by atoms with van der Waals surface area (Å²) in [6.45, 7) is 5.85. The first-order valence-corrected chi connectivity index (χ1v) is 9.98. The highest BCUT2D eigenvalue weighted by molar-refractivity contribution is 5.93. The van der Waals surface area contributed by atoms with Crippen LogP contribution in [0.5, 0.6) is 5.75 Å². The van der Waals surface area contributed by atoms with Gasteiger partial charge in [-0.05, 0) is 75.2 Å². The van der Waals surface area contributed by atoms with Crippen molar-refractivity contribution < 1.29 is 14.3 Å². The summed E-state index contributed by atoms with van der Waals surface area (Å²) >= 11 is 0. The average Bonchev–Trinajstić information content (AvgIpc) is 2.67. The molecule has 1 aliphatic rings. The summed E-state index contributed by atoms with van der Waals surface area (Å²) in [4.78, 5) is 27.0. The zero-order valence-electron chi connectivity index (χ0n) is 17.3. The van der Waals surface area contributed by atoms with E-state index in [2.05, 4.69) is 21.6 Å². The lowest BCUT2D eigenvalue weighted by Crippen LogP contribution is -2.41. The molecule has 29 heavy (non-hydrogen) atoms. The van der Waals surface area contributed by atoms with Gasteiger partial charge in [0.2, 0.25) is 11.8 Å². The molecule has 0 aromatic heterocycles. The fourth-order valence-electron chi connectivity index (χ4n) is 3.75. The minimum atomic E-state index is -0.0417. The Hall–Kier alpha value is -2.86. The number of carbonyl (C=O) groups is 2. The van der Waals surface area contributed by atoms with Gasteiger partial charge in [-0.1, -0.05) is 12.1 Å². The van der Waals surface area contributed by atoms with Gasteiger partial charge in [-0.25, -0.2) is 0 Å². The number of piperidine rings is 1. The monoisotopic (exact) mass is 395 g/mol. The van der Waals surface area contributed by atoms with Crippen LogP contribution in [0.4, 0.5) is 11.4 Å². The summed E-state index contributed by atoms with van der Waals surface area (Å²) in [6, 6.07) is 13.4. The number of benzene rings is 2. The van der Waals surface area contributed by atoms with Crippen LogP contribution in [0.1, 0.15) is 24.0 Å². The van der Waals surface area contributed by atoms with E-state index in [1.165, 1.54) is 0 Å². The minimum absolute atomic E-state index is 0.0192. The summed E-state index contributed by atoms with van der Waals surface area (Å²) in [6.07, 6.45) is 1.49. The minimum Gasteiger partial charge on any atom is -0.497 e. The number of anilines is 2. The highest BCUT2D eigenvalue weighted by Crippen LogP contribution is 2.22. The van der Waals surface area contributed by atoms with Crippen molar-refractivity contribution in [3.05, 3.63) is 53.6 Å². The molecule has 1 fully saturated rings. The molecule has 1 saturated heterocycles. The van der Waals surface area contributed by atoms with Crippen LogP contribution in [0.3, 0.4) is 0 Å². The van der Waals surface area contributed by atoms with Gasteiger partial charge in [0.1, 0.15) is 5.75 Å².